The molecular formula is C22H26O6. The molecule has 0 saturated carbocycles. The maximum absolute atomic E-state index is 12.2. The number of benzene rings is 2. The zero-order valence-corrected chi connectivity index (χ0v) is 17.2. The van der Waals surface area contributed by atoms with E-state index in [4.69, 9.17) is 23.7 Å². The Morgan fingerprint density at radius 1 is 0.750 bits per heavy atom. The Hall–Kier alpha value is -2.89. The van der Waals surface area contributed by atoms with E-state index in [9.17, 15) is 4.79 Å². The van der Waals surface area contributed by atoms with Gasteiger partial charge in [-0.2, -0.15) is 0 Å². The largest absolute Gasteiger partial charge is 0.496 e. The molecule has 0 radical (unpaired) electrons. The standard InChI is InChI=1S/C22H26O6/c1-13-17(24-3)9-15(10-18(13)25-4)22(8-7-21(23)28-22)16-11-19(26-5)14(2)20(12-16)27-6/h9-12H,7-8H2,1-6H3. The van der Waals surface area contributed by atoms with Gasteiger partial charge in [0.2, 0.25) is 0 Å². The van der Waals surface area contributed by atoms with E-state index < -0.39 is 5.60 Å². The molecule has 1 saturated heterocycles. The number of ether oxygens (including phenoxy) is 5. The van der Waals surface area contributed by atoms with Crippen molar-refractivity contribution in [2.45, 2.75) is 32.3 Å². The minimum atomic E-state index is -0.973. The van der Waals surface area contributed by atoms with Crippen LogP contribution in [-0.2, 0) is 15.1 Å². The highest BCUT2D eigenvalue weighted by Gasteiger charge is 2.45. The molecule has 0 amide bonds. The van der Waals surface area contributed by atoms with Gasteiger partial charge >= 0.3 is 5.97 Å². The summed E-state index contributed by atoms with van der Waals surface area (Å²) in [6.45, 7) is 3.85. The van der Waals surface area contributed by atoms with E-state index in [1.807, 2.05) is 38.1 Å². The molecule has 1 heterocycles. The van der Waals surface area contributed by atoms with Gasteiger partial charge < -0.3 is 23.7 Å². The van der Waals surface area contributed by atoms with Crippen LogP contribution in [-0.4, -0.2) is 34.4 Å². The highest BCUT2D eigenvalue weighted by Crippen LogP contribution is 2.48. The van der Waals surface area contributed by atoms with Crippen LogP contribution in [0.1, 0.15) is 35.1 Å². The van der Waals surface area contributed by atoms with Gasteiger partial charge in [-0.05, 0) is 38.1 Å². The van der Waals surface area contributed by atoms with Gasteiger partial charge in [-0.1, -0.05) is 0 Å². The second-order valence-corrected chi connectivity index (χ2v) is 6.81. The van der Waals surface area contributed by atoms with E-state index in [1.54, 1.807) is 28.4 Å². The SMILES string of the molecule is COc1cc(C2(c3cc(OC)c(C)c(OC)c3)CCC(=O)O2)cc(OC)c1C. The van der Waals surface area contributed by atoms with Gasteiger partial charge in [-0.3, -0.25) is 4.79 Å². The van der Waals surface area contributed by atoms with Crippen molar-refractivity contribution in [1.29, 1.82) is 0 Å². The average Bonchev–Trinajstić information content (AvgIpc) is 3.11. The molecule has 0 aliphatic carbocycles. The van der Waals surface area contributed by atoms with Crippen LogP contribution < -0.4 is 18.9 Å². The van der Waals surface area contributed by atoms with Gasteiger partial charge in [0.05, 0.1) is 34.9 Å². The molecule has 0 bridgehead atoms. The lowest BCUT2D eigenvalue weighted by atomic mass is 9.82. The highest BCUT2D eigenvalue weighted by molar-refractivity contribution is 5.74. The van der Waals surface area contributed by atoms with Crippen molar-refractivity contribution in [2.24, 2.45) is 0 Å². The van der Waals surface area contributed by atoms with Crippen LogP contribution in [0.4, 0.5) is 0 Å². The first kappa shape index (κ1) is 19.9. The molecule has 1 aliphatic heterocycles. The monoisotopic (exact) mass is 386 g/mol. The van der Waals surface area contributed by atoms with Crippen LogP contribution in [0.15, 0.2) is 24.3 Å². The highest BCUT2D eigenvalue weighted by atomic mass is 16.6. The second kappa shape index (κ2) is 7.62. The molecule has 0 aromatic heterocycles. The number of rotatable bonds is 6. The Labute approximate surface area is 165 Å². The fraction of sp³-hybridized carbons (Fsp3) is 0.409. The molecule has 0 atom stereocenters. The predicted octanol–water partition coefficient (Wildman–Crippen LogP) is 3.92. The average molecular weight is 386 g/mol. The number of carbonyl (C=O) groups is 1. The first-order valence-corrected chi connectivity index (χ1v) is 9.08. The van der Waals surface area contributed by atoms with Crippen molar-refractivity contribution in [3.63, 3.8) is 0 Å². The second-order valence-electron chi connectivity index (χ2n) is 6.81. The maximum atomic E-state index is 12.2. The van der Waals surface area contributed by atoms with Gasteiger partial charge in [0.25, 0.3) is 0 Å². The zero-order chi connectivity index (χ0) is 20.5. The van der Waals surface area contributed by atoms with E-state index in [0.717, 1.165) is 22.3 Å². The van der Waals surface area contributed by atoms with Crippen LogP contribution in [0.3, 0.4) is 0 Å². The topological polar surface area (TPSA) is 63.2 Å². The molecule has 2 aromatic rings. The van der Waals surface area contributed by atoms with Crippen molar-refractivity contribution < 1.29 is 28.5 Å². The van der Waals surface area contributed by atoms with E-state index in [-0.39, 0.29) is 5.97 Å². The first-order chi connectivity index (χ1) is 13.4. The zero-order valence-electron chi connectivity index (χ0n) is 17.2. The summed E-state index contributed by atoms with van der Waals surface area (Å²) in [7, 11) is 6.43. The lowest BCUT2D eigenvalue weighted by Crippen LogP contribution is -2.27. The molecule has 0 spiro atoms. The van der Waals surface area contributed by atoms with Gasteiger partial charge in [0.1, 0.15) is 23.0 Å². The Balaban J connectivity index is 2.28. The van der Waals surface area contributed by atoms with Crippen molar-refractivity contribution >= 4 is 5.97 Å². The van der Waals surface area contributed by atoms with Gasteiger partial charge in [0, 0.05) is 28.7 Å². The number of methoxy groups -OCH3 is 4. The summed E-state index contributed by atoms with van der Waals surface area (Å²) < 4.78 is 28.1. The summed E-state index contributed by atoms with van der Waals surface area (Å²) in [6, 6.07) is 7.59. The molecule has 3 rings (SSSR count). The summed E-state index contributed by atoms with van der Waals surface area (Å²) in [4.78, 5) is 12.2. The fourth-order valence-corrected chi connectivity index (χ4v) is 3.79. The predicted molar refractivity (Wildman–Crippen MR) is 105 cm³/mol. The molecule has 1 fully saturated rings. The number of carbonyl (C=O) groups excluding carboxylic acids is 1. The van der Waals surface area contributed by atoms with Crippen LogP contribution in [0.5, 0.6) is 23.0 Å². The minimum Gasteiger partial charge on any atom is -0.496 e. The molecule has 0 unspecified atom stereocenters. The van der Waals surface area contributed by atoms with E-state index >= 15 is 0 Å². The fourth-order valence-electron chi connectivity index (χ4n) is 3.79. The quantitative estimate of drug-likeness (QED) is 0.701. The molecule has 6 heteroatoms. The summed E-state index contributed by atoms with van der Waals surface area (Å²) >= 11 is 0. The van der Waals surface area contributed by atoms with Crippen LogP contribution >= 0.6 is 0 Å². The maximum Gasteiger partial charge on any atom is 0.307 e. The third kappa shape index (κ3) is 3.13. The molecule has 28 heavy (non-hydrogen) atoms. The van der Waals surface area contributed by atoms with Crippen molar-refractivity contribution in [1.82, 2.24) is 0 Å². The van der Waals surface area contributed by atoms with Crippen molar-refractivity contribution in [3.05, 3.63) is 46.5 Å². The smallest absolute Gasteiger partial charge is 0.307 e. The van der Waals surface area contributed by atoms with Gasteiger partial charge in [0.15, 0.2) is 5.60 Å². The minimum absolute atomic E-state index is 0.253. The number of cyclic esters (lactones) is 1. The van der Waals surface area contributed by atoms with Crippen LogP contribution in [0.25, 0.3) is 0 Å². The third-order valence-electron chi connectivity index (χ3n) is 5.41. The molecule has 1 aliphatic rings. The van der Waals surface area contributed by atoms with Crippen LogP contribution in [0.2, 0.25) is 0 Å². The summed E-state index contributed by atoms with van der Waals surface area (Å²) in [6.07, 6.45) is 0.813. The molecular weight excluding hydrogens is 360 g/mol. The molecule has 150 valence electrons. The summed E-state index contributed by atoms with van der Waals surface area (Å²) in [5.74, 6) is 2.42. The Bertz CT molecular complexity index is 790. The molecule has 2 aromatic carbocycles. The molecule has 0 N–H and O–H groups in total. The van der Waals surface area contributed by atoms with E-state index in [0.29, 0.717) is 35.8 Å². The number of hydrogen-bond acceptors (Lipinski definition) is 6. The summed E-state index contributed by atoms with van der Waals surface area (Å²) in [5, 5.41) is 0. The van der Waals surface area contributed by atoms with Crippen molar-refractivity contribution in [2.75, 3.05) is 28.4 Å². The normalized spacial score (nSPS) is 15.1. The Morgan fingerprint density at radius 3 is 1.36 bits per heavy atom. The Kier molecular flexibility index (Phi) is 5.40. The van der Waals surface area contributed by atoms with Gasteiger partial charge in [-0.15, -0.1) is 0 Å². The number of hydrogen-bond donors (Lipinski definition) is 0. The summed E-state index contributed by atoms with van der Waals surface area (Å²) in [5.41, 5.74) is 2.36. The Morgan fingerprint density at radius 2 is 1.11 bits per heavy atom. The van der Waals surface area contributed by atoms with E-state index in [1.165, 1.54) is 0 Å². The van der Waals surface area contributed by atoms with E-state index in [2.05, 4.69) is 0 Å². The lowest BCUT2D eigenvalue weighted by molar-refractivity contribution is -0.146. The molecule has 6 nitrogen and oxygen atoms in total. The lowest BCUT2D eigenvalue weighted by Gasteiger charge is -2.31. The van der Waals surface area contributed by atoms with Crippen LogP contribution in [0, 0.1) is 13.8 Å². The van der Waals surface area contributed by atoms with Gasteiger partial charge in [-0.25, -0.2) is 0 Å². The number of esters is 1. The first-order valence-electron chi connectivity index (χ1n) is 9.08. The third-order valence-corrected chi connectivity index (χ3v) is 5.41. The van der Waals surface area contributed by atoms with Crippen molar-refractivity contribution in [3.8, 4) is 23.0 Å².